The summed E-state index contributed by atoms with van der Waals surface area (Å²) in [5.41, 5.74) is 17.9. The van der Waals surface area contributed by atoms with Crippen LogP contribution in [0.4, 0.5) is 17.1 Å². The fraction of sp³-hybridized carbons (Fsp3) is 0. The predicted octanol–water partition coefficient (Wildman–Crippen LogP) is 18.0. The smallest absolute Gasteiger partial charge is 0.135 e. The lowest BCUT2D eigenvalue weighted by Gasteiger charge is -2.28. The number of fused-ring (bicyclic) bond motifs is 7. The van der Waals surface area contributed by atoms with Crippen LogP contribution < -0.4 is 4.90 Å². The van der Waals surface area contributed by atoms with Gasteiger partial charge in [-0.1, -0.05) is 182 Å². The van der Waals surface area contributed by atoms with Crippen LogP contribution in [0, 0.1) is 0 Å². The molecule has 3 heteroatoms. The Morgan fingerprint density at radius 2 is 0.806 bits per heavy atom. The van der Waals surface area contributed by atoms with Gasteiger partial charge in [-0.25, -0.2) is 0 Å². The first-order valence-corrected chi connectivity index (χ1v) is 22.9. The summed E-state index contributed by atoms with van der Waals surface area (Å²) < 4.78 is 8.64. The second-order valence-electron chi connectivity index (χ2n) is 17.3. The number of rotatable bonds is 8. The maximum Gasteiger partial charge on any atom is 0.135 e. The average Bonchev–Trinajstić information content (AvgIpc) is 3.95. The van der Waals surface area contributed by atoms with Crippen LogP contribution in [0.15, 0.2) is 259 Å². The van der Waals surface area contributed by atoms with E-state index in [1.54, 1.807) is 0 Å². The van der Waals surface area contributed by atoms with E-state index in [1.165, 1.54) is 49.3 Å². The lowest BCUT2D eigenvalue weighted by atomic mass is 9.96. The highest BCUT2D eigenvalue weighted by Gasteiger charge is 2.19. The van der Waals surface area contributed by atoms with Crippen molar-refractivity contribution in [3.05, 3.63) is 255 Å². The van der Waals surface area contributed by atoms with Crippen molar-refractivity contribution in [1.29, 1.82) is 0 Å². The predicted molar refractivity (Wildman–Crippen MR) is 282 cm³/mol. The fourth-order valence-corrected chi connectivity index (χ4v) is 10.2. The quantitative estimate of drug-likeness (QED) is 0.152. The van der Waals surface area contributed by atoms with Crippen molar-refractivity contribution in [3.63, 3.8) is 0 Å². The molecule has 0 fully saturated rings. The number of anilines is 3. The van der Waals surface area contributed by atoms with Crippen molar-refractivity contribution in [2.45, 2.75) is 0 Å². The first kappa shape index (κ1) is 38.5. The van der Waals surface area contributed by atoms with Gasteiger partial charge in [-0.15, -0.1) is 0 Å². The lowest BCUT2D eigenvalue weighted by Crippen LogP contribution is -2.11. The van der Waals surface area contributed by atoms with E-state index in [1.807, 2.05) is 12.1 Å². The van der Waals surface area contributed by atoms with Gasteiger partial charge in [0.1, 0.15) is 11.2 Å². The zero-order chi connectivity index (χ0) is 44.3. The van der Waals surface area contributed by atoms with Gasteiger partial charge in [-0.3, -0.25) is 0 Å². The van der Waals surface area contributed by atoms with E-state index in [0.717, 1.165) is 72.5 Å². The molecule has 0 spiro atoms. The molecule has 13 aromatic rings. The van der Waals surface area contributed by atoms with Gasteiger partial charge in [0.15, 0.2) is 0 Å². The first-order valence-electron chi connectivity index (χ1n) is 22.9. The lowest BCUT2D eigenvalue weighted by molar-refractivity contribution is 0.669. The summed E-state index contributed by atoms with van der Waals surface area (Å²) in [7, 11) is 0. The molecule has 0 N–H and O–H groups in total. The van der Waals surface area contributed by atoms with Crippen LogP contribution in [0.1, 0.15) is 0 Å². The van der Waals surface area contributed by atoms with Crippen molar-refractivity contribution in [1.82, 2.24) is 4.57 Å². The minimum atomic E-state index is 0.887. The Morgan fingerprint density at radius 3 is 1.54 bits per heavy atom. The summed E-state index contributed by atoms with van der Waals surface area (Å²) in [6.45, 7) is 0. The summed E-state index contributed by atoms with van der Waals surface area (Å²) in [6.07, 6.45) is 0. The monoisotopic (exact) mass is 854 g/mol. The number of benzene rings is 11. The van der Waals surface area contributed by atoms with Gasteiger partial charge in [0.05, 0.1) is 16.7 Å². The van der Waals surface area contributed by atoms with E-state index in [9.17, 15) is 0 Å². The molecule has 67 heavy (non-hydrogen) atoms. The molecule has 0 saturated carbocycles. The molecule has 2 heterocycles. The molecule has 13 rings (SSSR count). The molecule has 0 unspecified atom stereocenters. The van der Waals surface area contributed by atoms with Gasteiger partial charge in [-0.2, -0.15) is 0 Å². The molecule has 3 nitrogen and oxygen atoms in total. The molecule has 0 radical (unpaired) electrons. The van der Waals surface area contributed by atoms with Crippen LogP contribution in [0.5, 0.6) is 0 Å². The zero-order valence-corrected chi connectivity index (χ0v) is 36.6. The van der Waals surface area contributed by atoms with Crippen LogP contribution >= 0.6 is 0 Å². The Morgan fingerprint density at radius 1 is 0.299 bits per heavy atom. The fourth-order valence-electron chi connectivity index (χ4n) is 10.2. The van der Waals surface area contributed by atoms with Crippen LogP contribution in [0.2, 0.25) is 0 Å². The van der Waals surface area contributed by atoms with Crippen molar-refractivity contribution in [3.8, 4) is 50.2 Å². The Kier molecular flexibility index (Phi) is 9.17. The minimum Gasteiger partial charge on any atom is -0.456 e. The topological polar surface area (TPSA) is 21.3 Å². The number of furan rings is 1. The molecule has 0 bridgehead atoms. The van der Waals surface area contributed by atoms with Crippen molar-refractivity contribution in [2.75, 3.05) is 4.90 Å². The van der Waals surface area contributed by atoms with Crippen molar-refractivity contribution in [2.24, 2.45) is 0 Å². The van der Waals surface area contributed by atoms with Gasteiger partial charge >= 0.3 is 0 Å². The average molecular weight is 855 g/mol. The van der Waals surface area contributed by atoms with Crippen LogP contribution in [-0.2, 0) is 0 Å². The van der Waals surface area contributed by atoms with E-state index in [0.29, 0.717) is 0 Å². The molecular weight excluding hydrogens is 813 g/mol. The number of hydrogen-bond acceptors (Lipinski definition) is 2. The zero-order valence-electron chi connectivity index (χ0n) is 36.6. The Labute approximate surface area is 388 Å². The van der Waals surface area contributed by atoms with Gasteiger partial charge in [0.2, 0.25) is 0 Å². The highest BCUT2D eigenvalue weighted by Crippen LogP contribution is 2.44. The van der Waals surface area contributed by atoms with Gasteiger partial charge in [0, 0.05) is 44.2 Å². The number of nitrogens with zero attached hydrogens (tertiary/aromatic N) is 2. The van der Waals surface area contributed by atoms with Gasteiger partial charge < -0.3 is 13.9 Å². The second kappa shape index (κ2) is 16.0. The maximum absolute atomic E-state index is 6.26. The third-order valence-corrected chi connectivity index (χ3v) is 13.4. The molecular formula is C64H42N2O. The molecule has 0 aliphatic rings. The second-order valence-corrected chi connectivity index (χ2v) is 17.3. The van der Waals surface area contributed by atoms with Crippen LogP contribution in [0.25, 0.3) is 105 Å². The van der Waals surface area contributed by atoms with Crippen LogP contribution in [-0.4, -0.2) is 4.57 Å². The Bertz CT molecular complexity index is 3910. The molecule has 0 atom stereocenters. The Hall–Kier alpha value is -8.92. The normalized spacial score (nSPS) is 11.6. The minimum absolute atomic E-state index is 0.887. The molecule has 314 valence electrons. The van der Waals surface area contributed by atoms with Gasteiger partial charge in [-0.05, 0) is 123 Å². The third kappa shape index (κ3) is 6.67. The van der Waals surface area contributed by atoms with E-state index in [-0.39, 0.29) is 0 Å². The molecule has 0 aliphatic carbocycles. The standard InChI is InChI=1S/C64H42N2O/c1-2-17-53-46(13-1)14-12-22-54(53)47-29-27-43(28-30-47)44-31-36-50(37-32-44)65(60-23-7-3-18-55(60)49-35-40-64-59(42-49)58-21-6-10-26-63(58)67-64)51-38-33-45(34-39-51)48-15-11-16-52(41-48)66-61-24-8-4-19-56(61)57-20-5-9-25-62(57)66/h1-42H. The summed E-state index contributed by atoms with van der Waals surface area (Å²) in [6, 6.07) is 92.0. The SMILES string of the molecule is c1cc(-c2ccc(N(c3ccc(-c4ccc(-c5cccc6ccccc56)cc4)cc3)c3ccccc3-c3ccc4oc5ccccc5c4c3)cc2)cc(-n2c3ccccc3c3ccccc32)c1. The molecule has 0 saturated heterocycles. The van der Waals surface area contributed by atoms with Gasteiger partial charge in [0.25, 0.3) is 0 Å². The van der Waals surface area contributed by atoms with E-state index in [4.69, 9.17) is 4.42 Å². The van der Waals surface area contributed by atoms with E-state index >= 15 is 0 Å². The molecule has 0 aliphatic heterocycles. The maximum atomic E-state index is 6.26. The highest BCUT2D eigenvalue weighted by atomic mass is 16.3. The summed E-state index contributed by atoms with van der Waals surface area (Å²) in [5, 5.41) is 7.26. The number of para-hydroxylation sites is 4. The first-order chi connectivity index (χ1) is 33.2. The number of aromatic nitrogens is 1. The van der Waals surface area contributed by atoms with E-state index < -0.39 is 0 Å². The summed E-state index contributed by atoms with van der Waals surface area (Å²) >= 11 is 0. The van der Waals surface area contributed by atoms with E-state index in [2.05, 4.69) is 252 Å². The third-order valence-electron chi connectivity index (χ3n) is 13.4. The van der Waals surface area contributed by atoms with Crippen LogP contribution in [0.3, 0.4) is 0 Å². The number of hydrogen-bond donors (Lipinski definition) is 0. The molecule has 2 aromatic heterocycles. The largest absolute Gasteiger partial charge is 0.456 e. The highest BCUT2D eigenvalue weighted by molar-refractivity contribution is 6.10. The molecule has 11 aromatic carbocycles. The summed E-state index contributed by atoms with van der Waals surface area (Å²) in [5.74, 6) is 0. The molecule has 0 amide bonds. The Balaban J connectivity index is 0.893. The van der Waals surface area contributed by atoms with Crippen molar-refractivity contribution < 1.29 is 4.42 Å². The van der Waals surface area contributed by atoms with Crippen molar-refractivity contribution >= 4 is 71.6 Å². The summed E-state index contributed by atoms with van der Waals surface area (Å²) in [4.78, 5) is 2.39.